The lowest BCUT2D eigenvalue weighted by Gasteiger charge is -2.04. The van der Waals surface area contributed by atoms with Crippen LogP contribution in [0.1, 0.15) is 11.1 Å². The van der Waals surface area contributed by atoms with Crippen molar-refractivity contribution in [3.05, 3.63) is 77.5 Å². The second-order valence-corrected chi connectivity index (χ2v) is 4.84. The summed E-state index contributed by atoms with van der Waals surface area (Å²) in [7, 11) is 0. The number of nitrogens with zero attached hydrogens (tertiary/aromatic N) is 1. The SMILES string of the molecule is Cc1ccc(NC=C2C(=O)NN=C2c2ccccc2)cc1. The third-order valence-electron chi connectivity index (χ3n) is 3.25. The highest BCUT2D eigenvalue weighted by atomic mass is 16.2. The Balaban J connectivity index is 1.85. The molecular weight excluding hydrogens is 262 g/mol. The third-order valence-corrected chi connectivity index (χ3v) is 3.25. The zero-order valence-corrected chi connectivity index (χ0v) is 11.6. The zero-order chi connectivity index (χ0) is 14.7. The topological polar surface area (TPSA) is 53.5 Å². The smallest absolute Gasteiger partial charge is 0.275 e. The minimum absolute atomic E-state index is 0.200. The summed E-state index contributed by atoms with van der Waals surface area (Å²) in [5.41, 5.74) is 6.72. The van der Waals surface area contributed by atoms with Gasteiger partial charge in [-0.1, -0.05) is 48.0 Å². The fraction of sp³-hybridized carbons (Fsp3) is 0.0588. The number of hydrazone groups is 1. The van der Waals surface area contributed by atoms with Crippen LogP contribution in [0.2, 0.25) is 0 Å². The number of carbonyl (C=O) groups is 1. The van der Waals surface area contributed by atoms with Crippen molar-refractivity contribution in [3.8, 4) is 0 Å². The molecule has 1 amide bonds. The first-order valence-electron chi connectivity index (χ1n) is 6.71. The van der Waals surface area contributed by atoms with E-state index in [4.69, 9.17) is 0 Å². The van der Waals surface area contributed by atoms with Crippen molar-refractivity contribution in [1.82, 2.24) is 5.43 Å². The number of amides is 1. The zero-order valence-electron chi connectivity index (χ0n) is 11.6. The molecule has 0 fully saturated rings. The van der Waals surface area contributed by atoms with Crippen molar-refractivity contribution in [2.45, 2.75) is 6.92 Å². The van der Waals surface area contributed by atoms with E-state index in [0.29, 0.717) is 11.3 Å². The summed E-state index contributed by atoms with van der Waals surface area (Å²) in [6.07, 6.45) is 1.69. The molecule has 1 aliphatic heterocycles. The van der Waals surface area contributed by atoms with Crippen LogP contribution in [-0.4, -0.2) is 11.6 Å². The van der Waals surface area contributed by atoms with Crippen LogP contribution in [0.25, 0.3) is 0 Å². The molecule has 0 saturated heterocycles. The molecule has 104 valence electrons. The summed E-state index contributed by atoms with van der Waals surface area (Å²) >= 11 is 0. The van der Waals surface area contributed by atoms with Crippen LogP contribution in [-0.2, 0) is 4.79 Å². The Morgan fingerprint density at radius 2 is 1.76 bits per heavy atom. The van der Waals surface area contributed by atoms with Crippen LogP contribution in [0.4, 0.5) is 5.69 Å². The van der Waals surface area contributed by atoms with Gasteiger partial charge >= 0.3 is 0 Å². The predicted octanol–water partition coefficient (Wildman–Crippen LogP) is 2.82. The summed E-state index contributed by atoms with van der Waals surface area (Å²) in [5.74, 6) is -0.200. The van der Waals surface area contributed by atoms with E-state index in [9.17, 15) is 4.79 Å². The fourth-order valence-corrected chi connectivity index (χ4v) is 2.09. The normalized spacial score (nSPS) is 15.8. The van der Waals surface area contributed by atoms with Crippen LogP contribution in [0.5, 0.6) is 0 Å². The Labute approximate surface area is 123 Å². The highest BCUT2D eigenvalue weighted by Crippen LogP contribution is 2.15. The van der Waals surface area contributed by atoms with Crippen molar-refractivity contribution in [1.29, 1.82) is 0 Å². The number of anilines is 1. The second kappa shape index (κ2) is 5.63. The maximum absolute atomic E-state index is 11.9. The molecule has 2 aromatic carbocycles. The Bertz CT molecular complexity index is 715. The molecule has 2 N–H and O–H groups in total. The minimum Gasteiger partial charge on any atom is -0.361 e. The van der Waals surface area contributed by atoms with Gasteiger partial charge < -0.3 is 5.32 Å². The van der Waals surface area contributed by atoms with Gasteiger partial charge in [0.15, 0.2) is 0 Å². The molecule has 0 unspecified atom stereocenters. The van der Waals surface area contributed by atoms with Gasteiger partial charge in [0.1, 0.15) is 5.71 Å². The average molecular weight is 277 g/mol. The molecule has 1 heterocycles. The molecule has 4 heteroatoms. The summed E-state index contributed by atoms with van der Waals surface area (Å²) in [4.78, 5) is 11.9. The number of benzene rings is 2. The van der Waals surface area contributed by atoms with E-state index in [-0.39, 0.29) is 5.91 Å². The van der Waals surface area contributed by atoms with Gasteiger partial charge in [-0.15, -0.1) is 0 Å². The third kappa shape index (κ3) is 2.84. The van der Waals surface area contributed by atoms with Gasteiger partial charge in [0.05, 0.1) is 5.57 Å². The van der Waals surface area contributed by atoms with Crippen molar-refractivity contribution in [2.24, 2.45) is 5.10 Å². The van der Waals surface area contributed by atoms with Crippen LogP contribution in [0, 0.1) is 6.92 Å². The predicted molar refractivity (Wildman–Crippen MR) is 84.0 cm³/mol. The minimum atomic E-state index is -0.200. The second-order valence-electron chi connectivity index (χ2n) is 4.84. The molecule has 1 aliphatic rings. The highest BCUT2D eigenvalue weighted by molar-refractivity contribution is 6.30. The maximum Gasteiger partial charge on any atom is 0.275 e. The number of nitrogens with one attached hydrogen (secondary N) is 2. The molecular formula is C17H15N3O. The lowest BCUT2D eigenvalue weighted by molar-refractivity contribution is -0.116. The molecule has 4 nitrogen and oxygen atoms in total. The number of aryl methyl sites for hydroxylation is 1. The number of hydrogen-bond acceptors (Lipinski definition) is 3. The molecule has 0 aromatic heterocycles. The van der Waals surface area contributed by atoms with Crippen LogP contribution >= 0.6 is 0 Å². The Hall–Kier alpha value is -2.88. The number of rotatable bonds is 3. The van der Waals surface area contributed by atoms with Gasteiger partial charge in [-0.25, -0.2) is 5.43 Å². The van der Waals surface area contributed by atoms with Gasteiger partial charge in [0.2, 0.25) is 0 Å². The molecule has 3 rings (SSSR count). The Morgan fingerprint density at radius 3 is 2.48 bits per heavy atom. The number of carbonyl (C=O) groups excluding carboxylic acids is 1. The summed E-state index contributed by atoms with van der Waals surface area (Å²) in [5, 5.41) is 7.24. The average Bonchev–Trinajstić information content (AvgIpc) is 2.89. The van der Waals surface area contributed by atoms with E-state index in [2.05, 4.69) is 15.8 Å². The first-order valence-corrected chi connectivity index (χ1v) is 6.71. The van der Waals surface area contributed by atoms with E-state index in [1.165, 1.54) is 5.56 Å². The van der Waals surface area contributed by atoms with Crippen molar-refractivity contribution < 1.29 is 4.79 Å². The van der Waals surface area contributed by atoms with E-state index in [1.807, 2.05) is 61.5 Å². The van der Waals surface area contributed by atoms with Gasteiger partial charge in [0, 0.05) is 17.5 Å². The largest absolute Gasteiger partial charge is 0.361 e. The van der Waals surface area contributed by atoms with Crippen LogP contribution in [0.15, 0.2) is 71.5 Å². The van der Waals surface area contributed by atoms with Crippen LogP contribution in [0.3, 0.4) is 0 Å². The summed E-state index contributed by atoms with van der Waals surface area (Å²) < 4.78 is 0. The van der Waals surface area contributed by atoms with Gasteiger partial charge in [-0.2, -0.15) is 5.10 Å². The lowest BCUT2D eigenvalue weighted by atomic mass is 10.0. The molecule has 0 atom stereocenters. The first-order chi connectivity index (χ1) is 10.2. The maximum atomic E-state index is 11.9. The standard InChI is InChI=1S/C17H15N3O/c1-12-7-9-14(10-8-12)18-11-15-16(19-20-17(15)21)13-5-3-2-4-6-13/h2-11,18H,1H3,(H,20,21). The van der Waals surface area contributed by atoms with Crippen molar-refractivity contribution in [3.63, 3.8) is 0 Å². The van der Waals surface area contributed by atoms with Gasteiger partial charge in [-0.3, -0.25) is 4.79 Å². The molecule has 0 bridgehead atoms. The van der Waals surface area contributed by atoms with Crippen molar-refractivity contribution >= 4 is 17.3 Å². The van der Waals surface area contributed by atoms with Gasteiger partial charge in [0.25, 0.3) is 5.91 Å². The highest BCUT2D eigenvalue weighted by Gasteiger charge is 2.23. The molecule has 0 radical (unpaired) electrons. The van der Waals surface area contributed by atoms with Crippen molar-refractivity contribution in [2.75, 3.05) is 5.32 Å². The molecule has 0 saturated carbocycles. The van der Waals surface area contributed by atoms with Crippen LogP contribution < -0.4 is 10.7 Å². The van der Waals surface area contributed by atoms with Gasteiger partial charge in [-0.05, 0) is 19.1 Å². The Kier molecular flexibility index (Phi) is 3.51. The lowest BCUT2D eigenvalue weighted by Crippen LogP contribution is -2.15. The summed E-state index contributed by atoms with van der Waals surface area (Å²) in [6.45, 7) is 2.03. The quantitative estimate of drug-likeness (QED) is 0.848. The molecule has 2 aromatic rings. The van der Waals surface area contributed by atoms with E-state index >= 15 is 0 Å². The monoisotopic (exact) mass is 277 g/mol. The summed E-state index contributed by atoms with van der Waals surface area (Å²) in [6, 6.07) is 17.6. The molecule has 0 aliphatic carbocycles. The number of hydrogen-bond donors (Lipinski definition) is 2. The van der Waals surface area contributed by atoms with E-state index < -0.39 is 0 Å². The van der Waals surface area contributed by atoms with E-state index in [1.54, 1.807) is 6.20 Å². The van der Waals surface area contributed by atoms with E-state index in [0.717, 1.165) is 11.3 Å². The Morgan fingerprint density at radius 1 is 1.05 bits per heavy atom. The first kappa shape index (κ1) is 13.1. The molecule has 21 heavy (non-hydrogen) atoms. The molecule has 0 spiro atoms. The fourth-order valence-electron chi connectivity index (χ4n) is 2.09.